The van der Waals surface area contributed by atoms with Crippen molar-refractivity contribution in [3.05, 3.63) is 48.0 Å². The maximum Gasteiger partial charge on any atom is 0.220 e. The van der Waals surface area contributed by atoms with E-state index in [0.29, 0.717) is 18.9 Å². The summed E-state index contributed by atoms with van der Waals surface area (Å²) in [7, 11) is 0. The number of hydrogen-bond donors (Lipinski definition) is 1. The number of nitrogens with one attached hydrogen (secondary N) is 1. The van der Waals surface area contributed by atoms with E-state index in [0.717, 1.165) is 12.8 Å². The van der Waals surface area contributed by atoms with Crippen LogP contribution in [0.4, 0.5) is 0 Å². The van der Waals surface area contributed by atoms with Crippen LogP contribution in [-0.4, -0.2) is 20.7 Å². The molecule has 0 aliphatic rings. The average molecular weight is 314 g/mol. The Balaban J connectivity index is 1.88. The summed E-state index contributed by atoms with van der Waals surface area (Å²) in [5.74, 6) is 0.435. The Hall–Kier alpha value is -2.17. The molecule has 1 aromatic carbocycles. The highest BCUT2D eigenvalue weighted by atomic mass is 16.1. The Labute approximate surface area is 138 Å². The number of amides is 1. The molecule has 5 nitrogen and oxygen atoms in total. The number of nitrogens with zero attached hydrogens (tertiary/aromatic N) is 3. The summed E-state index contributed by atoms with van der Waals surface area (Å²) >= 11 is 0. The second kappa shape index (κ2) is 8.46. The zero-order valence-corrected chi connectivity index (χ0v) is 14.2. The largest absolute Gasteiger partial charge is 0.349 e. The molecule has 0 fully saturated rings. The fraction of sp³-hybridized carbons (Fsp3) is 0.500. The Kier molecular flexibility index (Phi) is 6.32. The second-order valence-corrected chi connectivity index (χ2v) is 6.15. The van der Waals surface area contributed by atoms with Gasteiger partial charge in [-0.2, -0.15) is 5.10 Å². The first-order valence-electron chi connectivity index (χ1n) is 8.30. The van der Waals surface area contributed by atoms with Gasteiger partial charge in [0, 0.05) is 13.0 Å². The lowest BCUT2D eigenvalue weighted by atomic mass is 9.94. The zero-order valence-electron chi connectivity index (χ0n) is 14.2. The molecule has 1 amide bonds. The second-order valence-electron chi connectivity index (χ2n) is 6.15. The molecule has 0 bridgehead atoms. The first-order valence-corrected chi connectivity index (χ1v) is 8.30. The molecule has 0 aliphatic carbocycles. The van der Waals surface area contributed by atoms with Gasteiger partial charge in [0.15, 0.2) is 0 Å². The van der Waals surface area contributed by atoms with Crippen LogP contribution in [0.5, 0.6) is 0 Å². The highest BCUT2D eigenvalue weighted by Crippen LogP contribution is 2.22. The molecule has 1 N–H and O–H groups in total. The molecular formula is C18H26N4O. The van der Waals surface area contributed by atoms with Gasteiger partial charge in [-0.3, -0.25) is 9.48 Å². The summed E-state index contributed by atoms with van der Waals surface area (Å²) in [4.78, 5) is 16.1. The predicted octanol–water partition coefficient (Wildman–Crippen LogP) is 3.13. The number of benzene rings is 1. The third-order valence-electron chi connectivity index (χ3n) is 3.99. The maximum atomic E-state index is 12.2. The molecule has 0 saturated carbocycles. The monoisotopic (exact) mass is 314 g/mol. The smallest absolute Gasteiger partial charge is 0.220 e. The average Bonchev–Trinajstić information content (AvgIpc) is 3.06. The van der Waals surface area contributed by atoms with Crippen molar-refractivity contribution in [1.82, 2.24) is 20.1 Å². The molecule has 0 saturated heterocycles. The van der Waals surface area contributed by atoms with E-state index in [1.807, 2.05) is 0 Å². The number of aryl methyl sites for hydroxylation is 2. The Morgan fingerprint density at radius 2 is 2.00 bits per heavy atom. The van der Waals surface area contributed by atoms with Crippen LogP contribution in [0.25, 0.3) is 0 Å². The summed E-state index contributed by atoms with van der Waals surface area (Å²) in [6.45, 7) is 7.12. The van der Waals surface area contributed by atoms with E-state index in [-0.39, 0.29) is 11.9 Å². The molecule has 5 heteroatoms. The molecule has 1 atom stereocenters. The van der Waals surface area contributed by atoms with E-state index in [1.54, 1.807) is 11.0 Å². The van der Waals surface area contributed by atoms with Gasteiger partial charge in [-0.05, 0) is 29.9 Å². The van der Waals surface area contributed by atoms with Crippen molar-refractivity contribution in [1.29, 1.82) is 0 Å². The SMILES string of the molecule is CCc1ccc([C@@H](NC(=O)CCCn2cncn2)C(C)C)cc1. The molecule has 0 spiro atoms. The molecule has 23 heavy (non-hydrogen) atoms. The summed E-state index contributed by atoms with van der Waals surface area (Å²) in [5, 5.41) is 7.21. The standard InChI is InChI=1S/C18H26N4O/c1-4-15-7-9-16(10-8-15)18(14(2)3)21-17(23)6-5-11-22-13-19-12-20-22/h7-10,12-14,18H,4-6,11H2,1-3H3,(H,21,23)/t18-/m0/s1. The van der Waals surface area contributed by atoms with Crippen molar-refractivity contribution in [3.8, 4) is 0 Å². The van der Waals surface area contributed by atoms with Gasteiger partial charge >= 0.3 is 0 Å². The van der Waals surface area contributed by atoms with Gasteiger partial charge in [0.1, 0.15) is 12.7 Å². The van der Waals surface area contributed by atoms with Crippen LogP contribution in [0.1, 0.15) is 50.8 Å². The maximum absolute atomic E-state index is 12.2. The van der Waals surface area contributed by atoms with E-state index in [4.69, 9.17) is 0 Å². The van der Waals surface area contributed by atoms with Crippen LogP contribution >= 0.6 is 0 Å². The van der Waals surface area contributed by atoms with E-state index in [2.05, 4.69) is 60.4 Å². The van der Waals surface area contributed by atoms with Crippen LogP contribution < -0.4 is 5.32 Å². The lowest BCUT2D eigenvalue weighted by Crippen LogP contribution is -2.31. The van der Waals surface area contributed by atoms with Crippen LogP contribution in [0.15, 0.2) is 36.9 Å². The highest BCUT2D eigenvalue weighted by Gasteiger charge is 2.18. The quantitative estimate of drug-likeness (QED) is 0.814. The minimum atomic E-state index is 0.0553. The lowest BCUT2D eigenvalue weighted by molar-refractivity contribution is -0.122. The van der Waals surface area contributed by atoms with E-state index in [1.165, 1.54) is 17.5 Å². The summed E-state index contributed by atoms with van der Waals surface area (Å²) < 4.78 is 1.75. The molecule has 1 aromatic heterocycles. The molecule has 0 aliphatic heterocycles. The lowest BCUT2D eigenvalue weighted by Gasteiger charge is -2.23. The normalized spacial score (nSPS) is 12.3. The fourth-order valence-electron chi connectivity index (χ4n) is 2.59. The molecule has 2 aromatic rings. The van der Waals surface area contributed by atoms with Crippen molar-refractivity contribution in [2.24, 2.45) is 5.92 Å². The highest BCUT2D eigenvalue weighted by molar-refractivity contribution is 5.76. The van der Waals surface area contributed by atoms with Crippen molar-refractivity contribution in [2.45, 2.75) is 52.6 Å². The minimum absolute atomic E-state index is 0.0553. The summed E-state index contributed by atoms with van der Waals surface area (Å²) in [6, 6.07) is 8.58. The first kappa shape index (κ1) is 17.2. The number of hydrogen-bond acceptors (Lipinski definition) is 3. The van der Waals surface area contributed by atoms with Gasteiger partial charge < -0.3 is 5.32 Å². The van der Waals surface area contributed by atoms with Crippen LogP contribution in [-0.2, 0) is 17.8 Å². The van der Waals surface area contributed by atoms with Crippen molar-refractivity contribution in [3.63, 3.8) is 0 Å². The van der Waals surface area contributed by atoms with Gasteiger partial charge in [0.2, 0.25) is 5.91 Å². The van der Waals surface area contributed by atoms with Crippen LogP contribution in [0.2, 0.25) is 0 Å². The van der Waals surface area contributed by atoms with Gasteiger partial charge in [-0.25, -0.2) is 4.98 Å². The number of carbonyl (C=O) groups is 1. The number of rotatable bonds is 8. The van der Waals surface area contributed by atoms with Crippen LogP contribution in [0, 0.1) is 5.92 Å². The number of carbonyl (C=O) groups excluding carboxylic acids is 1. The minimum Gasteiger partial charge on any atom is -0.349 e. The Bertz CT molecular complexity index is 590. The van der Waals surface area contributed by atoms with Gasteiger partial charge in [0.05, 0.1) is 6.04 Å². The topological polar surface area (TPSA) is 59.8 Å². The van der Waals surface area contributed by atoms with Crippen LogP contribution in [0.3, 0.4) is 0 Å². The molecule has 0 unspecified atom stereocenters. The Morgan fingerprint density at radius 1 is 1.26 bits per heavy atom. The molecular weight excluding hydrogens is 288 g/mol. The van der Waals surface area contributed by atoms with E-state index < -0.39 is 0 Å². The molecule has 2 rings (SSSR count). The third-order valence-corrected chi connectivity index (χ3v) is 3.99. The van der Waals surface area contributed by atoms with E-state index in [9.17, 15) is 4.79 Å². The van der Waals surface area contributed by atoms with Gasteiger partial charge in [-0.1, -0.05) is 45.0 Å². The molecule has 1 heterocycles. The third kappa shape index (κ3) is 5.20. The summed E-state index contributed by atoms with van der Waals surface area (Å²) in [5.41, 5.74) is 2.48. The number of aromatic nitrogens is 3. The summed E-state index contributed by atoms with van der Waals surface area (Å²) in [6.07, 6.45) is 5.46. The van der Waals surface area contributed by atoms with Gasteiger partial charge in [0.25, 0.3) is 0 Å². The Morgan fingerprint density at radius 3 is 2.57 bits per heavy atom. The fourth-order valence-corrected chi connectivity index (χ4v) is 2.59. The zero-order chi connectivity index (χ0) is 16.7. The molecule has 0 radical (unpaired) electrons. The van der Waals surface area contributed by atoms with Gasteiger partial charge in [-0.15, -0.1) is 0 Å². The first-order chi connectivity index (χ1) is 11.1. The van der Waals surface area contributed by atoms with Crippen molar-refractivity contribution >= 4 is 5.91 Å². The predicted molar refractivity (Wildman–Crippen MR) is 90.8 cm³/mol. The van der Waals surface area contributed by atoms with Crippen molar-refractivity contribution in [2.75, 3.05) is 0 Å². The molecule has 124 valence electrons. The van der Waals surface area contributed by atoms with Crippen molar-refractivity contribution < 1.29 is 4.79 Å². The van der Waals surface area contributed by atoms with E-state index >= 15 is 0 Å².